The van der Waals surface area contributed by atoms with Gasteiger partial charge >= 0.3 is 11.9 Å². The second-order valence-electron chi connectivity index (χ2n) is 15.2. The molecule has 50 heavy (non-hydrogen) atoms. The van der Waals surface area contributed by atoms with Gasteiger partial charge in [-0.3, -0.25) is 9.59 Å². The van der Waals surface area contributed by atoms with E-state index in [1.54, 1.807) is 0 Å². The molecule has 8 nitrogen and oxygen atoms in total. The molecule has 8 heteroatoms. The quantitative estimate of drug-likeness (QED) is 0.102. The smallest absolute Gasteiger partial charge is 0.336 e. The molecule has 4 N–H and O–H groups in total. The molecular weight excluding hydrogens is 628 g/mol. The predicted molar refractivity (Wildman–Crippen MR) is 200 cm³/mol. The maximum atomic E-state index is 13.8. The van der Waals surface area contributed by atoms with Crippen LogP contribution in [0.1, 0.15) is 197 Å². The summed E-state index contributed by atoms with van der Waals surface area (Å²) < 4.78 is 0. The van der Waals surface area contributed by atoms with E-state index in [-0.39, 0.29) is 45.1 Å². The molecule has 2 saturated carbocycles. The van der Waals surface area contributed by atoms with E-state index in [0.717, 1.165) is 51.4 Å². The number of benzene rings is 2. The Morgan fingerprint density at radius 3 is 1.16 bits per heavy atom. The third-order valence-electron chi connectivity index (χ3n) is 11.4. The number of hydrogen-bond donors (Lipinski definition) is 4. The van der Waals surface area contributed by atoms with Gasteiger partial charge in [0.05, 0.1) is 11.1 Å². The molecule has 4 rings (SSSR count). The monoisotopic (exact) mass is 690 g/mol. The van der Waals surface area contributed by atoms with Gasteiger partial charge in [-0.15, -0.1) is 0 Å². The van der Waals surface area contributed by atoms with Crippen molar-refractivity contribution in [3.63, 3.8) is 0 Å². The van der Waals surface area contributed by atoms with E-state index in [0.29, 0.717) is 11.8 Å². The fourth-order valence-electron chi connectivity index (χ4n) is 8.37. The van der Waals surface area contributed by atoms with Crippen LogP contribution in [0, 0.1) is 11.8 Å². The first-order valence-corrected chi connectivity index (χ1v) is 19.9. The van der Waals surface area contributed by atoms with Gasteiger partial charge in [0, 0.05) is 34.0 Å². The highest BCUT2D eigenvalue weighted by Gasteiger charge is 2.29. The molecule has 0 spiro atoms. The molecular formula is C42H62N2O6. The average molecular weight is 691 g/mol. The van der Waals surface area contributed by atoms with Gasteiger partial charge in [-0.05, 0) is 87.5 Å². The minimum atomic E-state index is -1.28. The lowest BCUT2D eigenvalue weighted by Gasteiger charge is -2.30. The predicted octanol–water partition coefficient (Wildman–Crippen LogP) is 10.3. The summed E-state index contributed by atoms with van der Waals surface area (Å²) in [5.74, 6) is -2.10. The number of nitrogens with one attached hydrogen (secondary N) is 2. The van der Waals surface area contributed by atoms with Crippen LogP contribution in [0.2, 0.25) is 0 Å². The summed E-state index contributed by atoms with van der Waals surface area (Å²) in [5, 5.41) is 26.5. The Labute approximate surface area is 299 Å². The van der Waals surface area contributed by atoms with Crippen molar-refractivity contribution in [2.24, 2.45) is 11.8 Å². The van der Waals surface area contributed by atoms with Crippen LogP contribution in [0.25, 0.3) is 10.8 Å². The van der Waals surface area contributed by atoms with E-state index in [2.05, 4.69) is 24.5 Å². The number of rotatable bonds is 20. The van der Waals surface area contributed by atoms with E-state index < -0.39 is 23.8 Å². The van der Waals surface area contributed by atoms with E-state index in [4.69, 9.17) is 0 Å². The maximum Gasteiger partial charge on any atom is 0.336 e. The van der Waals surface area contributed by atoms with Gasteiger partial charge in [-0.2, -0.15) is 0 Å². The number of carbonyl (C=O) groups excluding carboxylic acids is 2. The second-order valence-corrected chi connectivity index (χ2v) is 15.2. The summed E-state index contributed by atoms with van der Waals surface area (Å²) >= 11 is 0. The summed E-state index contributed by atoms with van der Waals surface area (Å²) in [7, 11) is 0. The molecule has 0 bridgehead atoms. The SMILES string of the molecule is CCCCCCCCC1CCC(NC(=O)c2ccc(C(=O)NC3CCC(CCCCCCCC)CC3)c3c(C(=O)O)ccc(C(=O)O)c23)CC1. The van der Waals surface area contributed by atoms with Crippen molar-refractivity contribution in [3.05, 3.63) is 46.5 Å². The number of carboxylic acids is 2. The first kappa shape index (κ1) is 39.4. The van der Waals surface area contributed by atoms with Crippen molar-refractivity contribution in [3.8, 4) is 0 Å². The summed E-state index contributed by atoms with van der Waals surface area (Å²) in [4.78, 5) is 52.5. The zero-order valence-corrected chi connectivity index (χ0v) is 30.7. The molecule has 276 valence electrons. The van der Waals surface area contributed by atoms with Gasteiger partial charge in [0.25, 0.3) is 11.8 Å². The molecule has 2 aromatic carbocycles. The summed E-state index contributed by atoms with van der Waals surface area (Å²) in [6.07, 6.45) is 25.5. The first-order valence-electron chi connectivity index (χ1n) is 19.9. The molecule has 0 heterocycles. The van der Waals surface area contributed by atoms with Crippen LogP contribution >= 0.6 is 0 Å². The van der Waals surface area contributed by atoms with Crippen molar-refractivity contribution < 1.29 is 29.4 Å². The molecule has 0 atom stereocenters. The van der Waals surface area contributed by atoms with Crippen molar-refractivity contribution in [2.75, 3.05) is 0 Å². The van der Waals surface area contributed by atoms with Crippen molar-refractivity contribution in [1.29, 1.82) is 0 Å². The zero-order chi connectivity index (χ0) is 35.9. The molecule has 0 radical (unpaired) electrons. The summed E-state index contributed by atoms with van der Waals surface area (Å²) in [6.45, 7) is 4.46. The molecule has 2 aromatic rings. The fraction of sp³-hybridized carbons (Fsp3) is 0.667. The third-order valence-corrected chi connectivity index (χ3v) is 11.4. The van der Waals surface area contributed by atoms with Gasteiger partial charge < -0.3 is 20.8 Å². The molecule has 2 fully saturated rings. The third kappa shape index (κ3) is 11.3. The van der Waals surface area contributed by atoms with Gasteiger partial charge in [0.15, 0.2) is 0 Å². The normalized spacial score (nSPS) is 20.8. The molecule has 2 aliphatic rings. The number of hydrogen-bond acceptors (Lipinski definition) is 4. The number of unbranched alkanes of at least 4 members (excludes halogenated alkanes) is 10. The number of carbonyl (C=O) groups is 4. The zero-order valence-electron chi connectivity index (χ0n) is 30.7. The highest BCUT2D eigenvalue weighted by Crippen LogP contribution is 2.34. The summed E-state index contributed by atoms with van der Waals surface area (Å²) in [6, 6.07) is 5.37. The number of fused-ring (bicyclic) bond motifs is 1. The van der Waals surface area contributed by atoms with Crippen LogP contribution in [0.4, 0.5) is 0 Å². The summed E-state index contributed by atoms with van der Waals surface area (Å²) in [5.41, 5.74) is -0.215. The van der Waals surface area contributed by atoms with Crippen molar-refractivity contribution >= 4 is 34.5 Å². The van der Waals surface area contributed by atoms with Gasteiger partial charge in [0.2, 0.25) is 0 Å². The van der Waals surface area contributed by atoms with Crippen LogP contribution in [0.5, 0.6) is 0 Å². The Bertz CT molecular complexity index is 1310. The molecule has 2 aliphatic carbocycles. The van der Waals surface area contributed by atoms with Gasteiger partial charge in [-0.1, -0.05) is 104 Å². The number of amides is 2. The lowest BCUT2D eigenvalue weighted by Crippen LogP contribution is -2.38. The molecule has 0 unspecified atom stereocenters. The Hall–Kier alpha value is -3.42. The lowest BCUT2D eigenvalue weighted by atomic mass is 9.82. The number of carboxylic acid groups (broad SMARTS) is 2. The Morgan fingerprint density at radius 2 is 0.820 bits per heavy atom. The second kappa shape index (κ2) is 20.4. The van der Waals surface area contributed by atoms with Crippen LogP contribution in [0.3, 0.4) is 0 Å². The maximum absolute atomic E-state index is 13.8. The minimum absolute atomic E-state index is 0.00181. The molecule has 0 aliphatic heterocycles. The van der Waals surface area contributed by atoms with Gasteiger partial charge in [-0.25, -0.2) is 9.59 Å². The van der Waals surface area contributed by atoms with Crippen molar-refractivity contribution in [2.45, 2.75) is 167 Å². The van der Waals surface area contributed by atoms with E-state index in [1.807, 2.05) is 0 Å². The standard InChI is InChI=1S/C42H62N2O6/c1-3-5-7-9-11-13-15-29-17-21-31(22-18-29)43-39(45)33-25-26-34(38-36(42(49)50)28-27-35(37(33)38)41(47)48)40(46)44-32-23-19-30(20-24-32)16-14-12-10-8-6-4-2/h25-32H,3-24H2,1-2H3,(H,43,45)(H,44,46)(H,47,48)(H,49,50). The minimum Gasteiger partial charge on any atom is -0.478 e. The van der Waals surface area contributed by atoms with Crippen molar-refractivity contribution in [1.82, 2.24) is 10.6 Å². The van der Waals surface area contributed by atoms with E-state index in [9.17, 15) is 29.4 Å². The lowest BCUT2D eigenvalue weighted by molar-refractivity contribution is 0.0684. The molecule has 0 saturated heterocycles. The number of aromatic carboxylic acids is 2. The van der Waals surface area contributed by atoms with Crippen LogP contribution < -0.4 is 10.6 Å². The van der Waals surface area contributed by atoms with Crippen LogP contribution in [0.15, 0.2) is 24.3 Å². The van der Waals surface area contributed by atoms with Crippen LogP contribution in [-0.2, 0) is 0 Å². The first-order chi connectivity index (χ1) is 24.2. The van der Waals surface area contributed by atoms with Crippen LogP contribution in [-0.4, -0.2) is 46.0 Å². The van der Waals surface area contributed by atoms with Gasteiger partial charge in [0.1, 0.15) is 0 Å². The Kier molecular flexibility index (Phi) is 16.1. The Balaban J connectivity index is 1.43. The Morgan fingerprint density at radius 1 is 0.500 bits per heavy atom. The highest BCUT2D eigenvalue weighted by molar-refractivity contribution is 6.23. The van der Waals surface area contributed by atoms with E-state index in [1.165, 1.54) is 114 Å². The topological polar surface area (TPSA) is 133 Å². The molecule has 2 amide bonds. The largest absolute Gasteiger partial charge is 0.478 e. The highest BCUT2D eigenvalue weighted by atomic mass is 16.4. The fourth-order valence-corrected chi connectivity index (χ4v) is 8.37. The average Bonchev–Trinajstić information content (AvgIpc) is 3.11. The molecule has 0 aromatic heterocycles. The van der Waals surface area contributed by atoms with E-state index >= 15 is 0 Å².